The number of para-hydroxylation sites is 1. The molecule has 1 unspecified atom stereocenters. The van der Waals surface area contributed by atoms with Gasteiger partial charge >= 0.3 is 0 Å². The highest BCUT2D eigenvalue weighted by Gasteiger charge is 2.39. The van der Waals surface area contributed by atoms with Gasteiger partial charge in [0.1, 0.15) is 24.0 Å². The summed E-state index contributed by atoms with van der Waals surface area (Å²) in [6.07, 6.45) is 9.71. The molecule has 1 atom stereocenters. The molecule has 5 heterocycles. The predicted octanol–water partition coefficient (Wildman–Crippen LogP) is 7.20. The number of amides is 3. The zero-order valence-corrected chi connectivity index (χ0v) is 39.1. The Morgan fingerprint density at radius 1 is 0.906 bits per heavy atom. The first-order chi connectivity index (χ1) is 30.9. The molecule has 8 rings (SSSR count). The molecule has 340 valence electrons. The number of nitrogens with zero attached hydrogens (tertiary/aromatic N) is 6. The number of aryl methyl sites for hydroxylation is 2. The van der Waals surface area contributed by atoms with Gasteiger partial charge in [-0.1, -0.05) is 49.2 Å². The number of halogens is 1. The number of methoxy groups -OCH3 is 1. The maximum absolute atomic E-state index is 13.1. The van der Waals surface area contributed by atoms with Crippen LogP contribution < -0.4 is 30.9 Å². The Labute approximate surface area is 381 Å². The quantitative estimate of drug-likeness (QED) is 0.0593. The van der Waals surface area contributed by atoms with Crippen LogP contribution in [0.25, 0.3) is 0 Å². The molecule has 1 aromatic heterocycles. The Kier molecular flexibility index (Phi) is 14.3. The summed E-state index contributed by atoms with van der Waals surface area (Å²) in [4.78, 5) is 55.7. The summed E-state index contributed by atoms with van der Waals surface area (Å²) in [6, 6.07) is 17.9. The SMILES string of the molecule is CCc1cc(Nc2ncc(Cl)c(Nc3ccccc3P(C)(C)=O)n2)c(OC)cc1N1CCC(N2CCN(CCCCCc3ccc4c(c3)CN(C3CCC(=O)NC3=O)C4=O)CC2)CC1. The minimum atomic E-state index is -2.55. The summed E-state index contributed by atoms with van der Waals surface area (Å²) >= 11 is 6.54. The summed E-state index contributed by atoms with van der Waals surface area (Å²) in [5.74, 6) is 0.735. The van der Waals surface area contributed by atoms with Gasteiger partial charge in [0.2, 0.25) is 17.8 Å². The Morgan fingerprint density at radius 2 is 1.69 bits per heavy atom. The van der Waals surface area contributed by atoms with Crippen LogP contribution in [-0.2, 0) is 33.5 Å². The molecule has 3 amide bonds. The van der Waals surface area contributed by atoms with E-state index in [-0.39, 0.29) is 24.1 Å². The molecule has 0 spiro atoms. The number of anilines is 5. The van der Waals surface area contributed by atoms with Crippen LogP contribution >= 0.6 is 18.7 Å². The largest absolute Gasteiger partial charge is 0.494 e. The maximum atomic E-state index is 13.1. The van der Waals surface area contributed by atoms with E-state index in [1.165, 1.54) is 23.2 Å². The topological polar surface area (TPSA) is 152 Å². The number of unbranched alkanes of at least 4 members (excludes halogenated alkanes) is 2. The normalized spacial score (nSPS) is 18.9. The van der Waals surface area contributed by atoms with E-state index in [0.29, 0.717) is 52.8 Å². The zero-order chi connectivity index (χ0) is 45.0. The fraction of sp³-hybridized carbons (Fsp3) is 0.479. The van der Waals surface area contributed by atoms with Crippen molar-refractivity contribution in [3.8, 4) is 5.75 Å². The second kappa shape index (κ2) is 20.0. The summed E-state index contributed by atoms with van der Waals surface area (Å²) < 4.78 is 18.9. The monoisotopic (exact) mass is 909 g/mol. The van der Waals surface area contributed by atoms with Crippen molar-refractivity contribution in [2.75, 3.05) is 81.8 Å². The number of piperazine rings is 1. The maximum Gasteiger partial charge on any atom is 0.255 e. The lowest BCUT2D eigenvalue weighted by molar-refractivity contribution is -0.136. The van der Waals surface area contributed by atoms with Crippen LogP contribution in [0.3, 0.4) is 0 Å². The Balaban J connectivity index is 0.778. The first-order valence-corrected chi connectivity index (χ1v) is 25.8. The van der Waals surface area contributed by atoms with E-state index in [4.69, 9.17) is 21.3 Å². The number of piperidine rings is 2. The fourth-order valence-corrected chi connectivity index (χ4v) is 11.0. The number of benzene rings is 3. The summed E-state index contributed by atoms with van der Waals surface area (Å²) in [5, 5.41) is 10.1. The molecule has 3 N–H and O–H groups in total. The smallest absolute Gasteiger partial charge is 0.255 e. The van der Waals surface area contributed by atoms with Crippen molar-refractivity contribution in [3.05, 3.63) is 88.1 Å². The summed E-state index contributed by atoms with van der Waals surface area (Å²) in [6.45, 7) is 13.6. The van der Waals surface area contributed by atoms with Gasteiger partial charge < -0.3 is 34.6 Å². The minimum absolute atomic E-state index is 0.118. The molecule has 14 nitrogen and oxygen atoms in total. The van der Waals surface area contributed by atoms with Crippen molar-refractivity contribution in [1.29, 1.82) is 0 Å². The molecule has 0 aliphatic carbocycles. The van der Waals surface area contributed by atoms with Crippen molar-refractivity contribution < 1.29 is 23.7 Å². The number of hydrogen-bond acceptors (Lipinski definition) is 12. The third-order valence-electron chi connectivity index (χ3n) is 13.3. The number of aromatic nitrogens is 2. The lowest BCUT2D eigenvalue weighted by atomic mass is 9.99. The van der Waals surface area contributed by atoms with Gasteiger partial charge in [0.25, 0.3) is 5.91 Å². The molecule has 4 aliphatic heterocycles. The molecule has 3 fully saturated rings. The van der Waals surface area contributed by atoms with Crippen LogP contribution in [0, 0.1) is 0 Å². The first kappa shape index (κ1) is 45.6. The third kappa shape index (κ3) is 10.4. The van der Waals surface area contributed by atoms with Crippen LogP contribution in [0.1, 0.15) is 78.9 Å². The zero-order valence-electron chi connectivity index (χ0n) is 37.5. The number of imide groups is 1. The highest BCUT2D eigenvalue weighted by molar-refractivity contribution is 7.70. The van der Waals surface area contributed by atoms with Crippen LogP contribution in [0.5, 0.6) is 5.75 Å². The van der Waals surface area contributed by atoms with E-state index in [9.17, 15) is 18.9 Å². The second-order valence-electron chi connectivity index (χ2n) is 17.8. The highest BCUT2D eigenvalue weighted by Crippen LogP contribution is 2.40. The minimum Gasteiger partial charge on any atom is -0.494 e. The van der Waals surface area contributed by atoms with E-state index < -0.39 is 13.2 Å². The van der Waals surface area contributed by atoms with Gasteiger partial charge in [0.05, 0.1) is 24.7 Å². The number of carbonyl (C=O) groups is 3. The van der Waals surface area contributed by atoms with E-state index in [1.54, 1.807) is 31.5 Å². The van der Waals surface area contributed by atoms with Crippen molar-refractivity contribution in [2.45, 2.75) is 83.3 Å². The molecule has 64 heavy (non-hydrogen) atoms. The number of rotatable bonds is 16. The van der Waals surface area contributed by atoms with Crippen LogP contribution in [0.4, 0.5) is 28.8 Å². The molecular formula is C48H61ClN9O5P. The van der Waals surface area contributed by atoms with Gasteiger partial charge in [-0.2, -0.15) is 4.98 Å². The summed E-state index contributed by atoms with van der Waals surface area (Å²) in [7, 11) is -0.866. The number of hydrogen-bond donors (Lipinski definition) is 3. The highest BCUT2D eigenvalue weighted by atomic mass is 35.5. The number of carbonyl (C=O) groups excluding carboxylic acids is 3. The first-order valence-electron chi connectivity index (χ1n) is 22.8. The predicted molar refractivity (Wildman–Crippen MR) is 255 cm³/mol. The van der Waals surface area contributed by atoms with Crippen molar-refractivity contribution in [3.63, 3.8) is 0 Å². The number of nitrogens with one attached hydrogen (secondary N) is 3. The van der Waals surface area contributed by atoms with Crippen molar-refractivity contribution in [2.24, 2.45) is 0 Å². The van der Waals surface area contributed by atoms with Gasteiger partial charge in [0.15, 0.2) is 5.82 Å². The Bertz CT molecular complexity index is 2410. The van der Waals surface area contributed by atoms with Crippen LogP contribution in [0.2, 0.25) is 5.02 Å². The number of fused-ring (bicyclic) bond motifs is 1. The van der Waals surface area contributed by atoms with Gasteiger partial charge in [-0.15, -0.1) is 0 Å². The fourth-order valence-electron chi connectivity index (χ4n) is 9.72. The van der Waals surface area contributed by atoms with E-state index in [2.05, 4.69) is 66.8 Å². The van der Waals surface area contributed by atoms with Crippen LogP contribution in [0.15, 0.2) is 60.8 Å². The van der Waals surface area contributed by atoms with Crippen molar-refractivity contribution >= 4 is 70.6 Å². The van der Waals surface area contributed by atoms with Gasteiger partial charge in [-0.05, 0) is 106 Å². The molecule has 0 radical (unpaired) electrons. The average molecular weight is 911 g/mol. The summed E-state index contributed by atoms with van der Waals surface area (Å²) in [5.41, 5.74) is 6.78. The molecule has 3 aromatic carbocycles. The van der Waals surface area contributed by atoms with Crippen LogP contribution in [-0.4, -0.2) is 121 Å². The Hall–Kier alpha value is -5.01. The average Bonchev–Trinajstić information content (AvgIpc) is 3.61. The molecule has 16 heteroatoms. The van der Waals surface area contributed by atoms with E-state index in [0.717, 1.165) is 101 Å². The molecule has 4 aliphatic rings. The molecule has 0 bridgehead atoms. The molecular weight excluding hydrogens is 849 g/mol. The Morgan fingerprint density at radius 3 is 2.42 bits per heavy atom. The standard InChI is InChI=1S/C48H61ClN9O5P/c1-5-33-28-39(52-48-50-30-37(49)45(54-48)51-38-12-8-9-13-43(38)64(3,4)62)42(63-2)29-41(33)57-21-18-35(19-22-57)56-25-23-55(24-26-56)20-10-6-7-11-32-14-15-36-34(27-32)31-58(47(36)61)40-16-17-44(59)53-46(40)60/h8-9,12-15,27-30,35,40H,5-7,10-11,16-26,31H2,1-4H3,(H,53,59,60)(H2,50,51,52,54). The van der Waals surface area contributed by atoms with E-state index >= 15 is 0 Å². The van der Waals surface area contributed by atoms with Gasteiger partial charge in [0, 0.05) is 80.9 Å². The molecule has 4 aromatic rings. The van der Waals surface area contributed by atoms with Gasteiger partial charge in [-0.3, -0.25) is 24.6 Å². The third-order valence-corrected chi connectivity index (χ3v) is 15.1. The lowest BCUT2D eigenvalue weighted by Crippen LogP contribution is -2.53. The van der Waals surface area contributed by atoms with Gasteiger partial charge in [-0.25, -0.2) is 4.98 Å². The molecule has 0 saturated carbocycles. The lowest BCUT2D eigenvalue weighted by Gasteiger charge is -2.43. The van der Waals surface area contributed by atoms with E-state index in [1.807, 2.05) is 30.3 Å². The molecule has 3 saturated heterocycles. The number of ether oxygens (including phenoxy) is 1. The van der Waals surface area contributed by atoms with Crippen molar-refractivity contribution in [1.82, 2.24) is 30.0 Å². The second-order valence-corrected chi connectivity index (χ2v) is 21.4.